The van der Waals surface area contributed by atoms with Crippen molar-refractivity contribution in [1.82, 2.24) is 0 Å². The van der Waals surface area contributed by atoms with Gasteiger partial charge in [0.2, 0.25) is 9.64 Å². The molecule has 0 saturated carbocycles. The molecular weight excluding hydrogens is 301 g/mol. The molecule has 0 spiro atoms. The van der Waals surface area contributed by atoms with Crippen LogP contribution < -0.4 is 0 Å². The van der Waals surface area contributed by atoms with Crippen LogP contribution in [0.3, 0.4) is 0 Å². The first-order valence-electron chi connectivity index (χ1n) is 2.84. The molecule has 0 fully saturated rings. The van der Waals surface area contributed by atoms with E-state index in [0.717, 1.165) is 0 Å². The van der Waals surface area contributed by atoms with E-state index in [-0.39, 0.29) is 0 Å². The second-order valence-corrected chi connectivity index (χ2v) is 7.90. The molecule has 0 amide bonds. The van der Waals surface area contributed by atoms with Crippen molar-refractivity contribution in [2.75, 3.05) is 6.26 Å². The van der Waals surface area contributed by atoms with Crippen LogP contribution in [0.25, 0.3) is 0 Å². The van der Waals surface area contributed by atoms with Crippen LogP contribution in [0.1, 0.15) is 0 Å². The average Bonchev–Trinajstić information content (AvgIpc) is 1.75. The molecule has 14 heavy (non-hydrogen) atoms. The highest BCUT2D eigenvalue weighted by molar-refractivity contribution is 7.86. The summed E-state index contributed by atoms with van der Waals surface area (Å²) in [5.41, 5.74) is 0. The summed E-state index contributed by atoms with van der Waals surface area (Å²) in [5.74, 6) is -2.35. The van der Waals surface area contributed by atoms with Gasteiger partial charge < -0.3 is 9.79 Å². The first kappa shape index (κ1) is 14.9. The van der Waals surface area contributed by atoms with Crippen LogP contribution in [-0.4, -0.2) is 34.1 Å². The van der Waals surface area contributed by atoms with Crippen LogP contribution in [0.5, 0.6) is 0 Å². The minimum atomic E-state index is -4.99. The predicted molar refractivity (Wildman–Crippen MR) is 52.1 cm³/mol. The molecule has 11 heteroatoms. The van der Waals surface area contributed by atoms with Gasteiger partial charge in [0.15, 0.2) is 0 Å². The van der Waals surface area contributed by atoms with Gasteiger partial charge in [-0.25, -0.2) is 4.18 Å². The molecule has 0 aromatic heterocycles. The SMILES string of the molecule is CS(=O)(=O)O[C@@H](C(Cl)(Cl)Cl)P(=O)(O)O. The van der Waals surface area contributed by atoms with Gasteiger partial charge in [0.25, 0.3) is 10.1 Å². The highest BCUT2D eigenvalue weighted by Gasteiger charge is 2.48. The summed E-state index contributed by atoms with van der Waals surface area (Å²) in [7, 11) is -9.13. The van der Waals surface area contributed by atoms with Crippen molar-refractivity contribution in [3.05, 3.63) is 0 Å². The zero-order chi connectivity index (χ0) is 11.8. The lowest BCUT2D eigenvalue weighted by Crippen LogP contribution is -2.30. The van der Waals surface area contributed by atoms with E-state index in [1.54, 1.807) is 0 Å². The summed E-state index contributed by atoms with van der Waals surface area (Å²) < 4.78 is 33.3. The average molecular weight is 307 g/mol. The maximum atomic E-state index is 10.7. The molecule has 0 aliphatic heterocycles. The van der Waals surface area contributed by atoms with E-state index in [2.05, 4.69) is 4.18 Å². The monoisotopic (exact) mass is 306 g/mol. The maximum absolute atomic E-state index is 10.7. The molecule has 86 valence electrons. The Morgan fingerprint density at radius 2 is 1.71 bits per heavy atom. The number of hydrogen-bond donors (Lipinski definition) is 2. The van der Waals surface area contributed by atoms with Crippen molar-refractivity contribution >= 4 is 52.5 Å². The Morgan fingerprint density at radius 1 is 1.36 bits per heavy atom. The predicted octanol–water partition coefficient (Wildman–Crippen LogP) is 0.837. The van der Waals surface area contributed by atoms with E-state index in [1.165, 1.54) is 0 Å². The number of rotatable bonds is 3. The first-order chi connectivity index (χ1) is 5.84. The van der Waals surface area contributed by atoms with E-state index in [0.29, 0.717) is 6.26 Å². The topological polar surface area (TPSA) is 101 Å². The van der Waals surface area contributed by atoms with Gasteiger partial charge in [-0.1, -0.05) is 34.8 Å². The van der Waals surface area contributed by atoms with Gasteiger partial charge in [0, 0.05) is 0 Å². The smallest absolute Gasteiger partial charge is 0.322 e. The summed E-state index contributed by atoms with van der Waals surface area (Å²) in [6.45, 7) is 0. The molecule has 0 bridgehead atoms. The Labute approximate surface area is 95.4 Å². The lowest BCUT2D eigenvalue weighted by Gasteiger charge is -2.23. The summed E-state index contributed by atoms with van der Waals surface area (Å²) in [6.07, 6.45) is 0.575. The Balaban J connectivity index is 5.07. The van der Waals surface area contributed by atoms with Crippen LogP contribution in [-0.2, 0) is 18.9 Å². The van der Waals surface area contributed by atoms with Crippen LogP contribution in [0.4, 0.5) is 0 Å². The van der Waals surface area contributed by atoms with Gasteiger partial charge in [0.05, 0.1) is 6.26 Å². The molecular formula is C3H6Cl3O6PS. The fraction of sp³-hybridized carbons (Fsp3) is 1.00. The normalized spacial score (nSPS) is 16.7. The second-order valence-electron chi connectivity index (χ2n) is 2.28. The van der Waals surface area contributed by atoms with Crippen molar-refractivity contribution in [1.29, 1.82) is 0 Å². The molecule has 0 saturated heterocycles. The quantitative estimate of drug-likeness (QED) is 0.455. The summed E-state index contributed by atoms with van der Waals surface area (Å²) in [5, 5.41) is 0. The summed E-state index contributed by atoms with van der Waals surface area (Å²) in [4.78, 5) is 17.3. The van der Waals surface area contributed by atoms with Crippen molar-refractivity contribution in [2.24, 2.45) is 0 Å². The third kappa shape index (κ3) is 5.72. The summed E-state index contributed by atoms with van der Waals surface area (Å²) in [6, 6.07) is 0. The number of hydrogen-bond acceptors (Lipinski definition) is 4. The molecule has 0 radical (unpaired) electrons. The van der Waals surface area contributed by atoms with E-state index in [4.69, 9.17) is 44.6 Å². The molecule has 6 nitrogen and oxygen atoms in total. The van der Waals surface area contributed by atoms with Crippen molar-refractivity contribution in [2.45, 2.75) is 9.64 Å². The molecule has 0 aromatic rings. The second kappa shape index (κ2) is 4.43. The molecule has 0 unspecified atom stereocenters. The number of halogens is 3. The fourth-order valence-corrected chi connectivity index (χ4v) is 3.68. The Hall–Kier alpha value is 0.930. The van der Waals surface area contributed by atoms with Gasteiger partial charge >= 0.3 is 7.60 Å². The molecule has 1 atom stereocenters. The first-order valence-corrected chi connectivity index (χ1v) is 7.47. The van der Waals surface area contributed by atoms with Crippen molar-refractivity contribution in [3.8, 4) is 0 Å². The standard InChI is InChI=1S/C3H6Cl3O6PS/c1-14(10,11)12-2(3(4,5)6)13(7,8)9/h2H,1H3,(H2,7,8,9)/t2-/m1/s1. The Bertz CT molecular complexity index is 340. The van der Waals surface area contributed by atoms with Crippen LogP contribution >= 0.6 is 42.4 Å². The van der Waals surface area contributed by atoms with E-state index < -0.39 is 27.4 Å². The van der Waals surface area contributed by atoms with E-state index in [9.17, 15) is 13.0 Å². The maximum Gasteiger partial charge on any atom is 0.360 e. The van der Waals surface area contributed by atoms with E-state index in [1.807, 2.05) is 0 Å². The highest BCUT2D eigenvalue weighted by Crippen LogP contribution is 2.53. The molecule has 0 aliphatic rings. The van der Waals surface area contributed by atoms with Gasteiger partial charge in [-0.3, -0.25) is 4.57 Å². The minimum Gasteiger partial charge on any atom is -0.322 e. The minimum absolute atomic E-state index is 0.575. The third-order valence-corrected chi connectivity index (χ3v) is 3.69. The molecule has 0 aliphatic carbocycles. The van der Waals surface area contributed by atoms with Gasteiger partial charge in [-0.15, -0.1) is 0 Å². The van der Waals surface area contributed by atoms with Crippen LogP contribution in [0, 0.1) is 0 Å². The van der Waals surface area contributed by atoms with Crippen molar-refractivity contribution < 1.29 is 27.0 Å². The van der Waals surface area contributed by atoms with Crippen LogP contribution in [0.2, 0.25) is 0 Å². The highest BCUT2D eigenvalue weighted by atomic mass is 35.6. The summed E-state index contributed by atoms with van der Waals surface area (Å²) >= 11 is 15.4. The molecule has 2 N–H and O–H groups in total. The fourth-order valence-electron chi connectivity index (χ4n) is 0.467. The third-order valence-electron chi connectivity index (χ3n) is 0.851. The molecule has 0 heterocycles. The zero-order valence-electron chi connectivity index (χ0n) is 6.59. The van der Waals surface area contributed by atoms with Gasteiger partial charge in [-0.05, 0) is 0 Å². The van der Waals surface area contributed by atoms with E-state index >= 15 is 0 Å². The Morgan fingerprint density at radius 3 is 1.79 bits per heavy atom. The zero-order valence-corrected chi connectivity index (χ0v) is 10.6. The largest absolute Gasteiger partial charge is 0.360 e. The van der Waals surface area contributed by atoms with Crippen LogP contribution in [0.15, 0.2) is 0 Å². The lowest BCUT2D eigenvalue weighted by molar-refractivity contribution is 0.232. The van der Waals surface area contributed by atoms with Crippen molar-refractivity contribution in [3.63, 3.8) is 0 Å². The van der Waals surface area contributed by atoms with Gasteiger partial charge in [-0.2, -0.15) is 8.42 Å². The molecule has 0 rings (SSSR count). The van der Waals surface area contributed by atoms with Gasteiger partial charge in [0.1, 0.15) is 0 Å². The molecule has 0 aromatic carbocycles. The lowest BCUT2D eigenvalue weighted by atomic mass is 10.8. The Kier molecular flexibility index (Phi) is 4.72. The number of alkyl halides is 3.